The number of fused-ring (bicyclic) bond motifs is 2. The number of aromatic nitrogens is 2. The van der Waals surface area contributed by atoms with Gasteiger partial charge in [0.25, 0.3) is 0 Å². The highest BCUT2D eigenvalue weighted by Gasteiger charge is 2.45. The normalized spacial score (nSPS) is 29.1. The van der Waals surface area contributed by atoms with Gasteiger partial charge in [-0.15, -0.1) is 0 Å². The number of aromatic amines is 1. The maximum absolute atomic E-state index is 14.3. The van der Waals surface area contributed by atoms with E-state index in [9.17, 15) is 14.3 Å². The van der Waals surface area contributed by atoms with Crippen molar-refractivity contribution in [2.45, 2.75) is 95.5 Å². The summed E-state index contributed by atoms with van der Waals surface area (Å²) in [6.07, 6.45) is 4.28. The number of phenolic OH excluding ortho intramolecular Hbond substituents is 1. The van der Waals surface area contributed by atoms with Crippen LogP contribution in [0.4, 0.5) is 4.39 Å². The van der Waals surface area contributed by atoms with Gasteiger partial charge in [0.05, 0.1) is 23.5 Å². The summed E-state index contributed by atoms with van der Waals surface area (Å²) >= 11 is 0. The Morgan fingerprint density at radius 3 is 2.70 bits per heavy atom. The minimum absolute atomic E-state index is 0.0663. The summed E-state index contributed by atoms with van der Waals surface area (Å²) in [6.45, 7) is 8.67. The van der Waals surface area contributed by atoms with Crippen molar-refractivity contribution in [3.8, 4) is 5.75 Å². The summed E-state index contributed by atoms with van der Waals surface area (Å²) in [5.41, 5.74) is 11.2. The Labute approximate surface area is 236 Å². The second kappa shape index (κ2) is 10.7. The standard InChI is InChI=1S/C30H44FN7O2/c1-6-17-10-27(39)22(31)11-21(17)18-7-8-20-23(9-18)34-35-28(20)29-32-24-12-26(38(16(2)3)15-25(24)33-29)30(40)37-13-19(14-37)36(4)5/h10-11,16,18-20,23,26,28,34-35,39H,6-9,12-15H2,1-5H3,(H,32,33). The van der Waals surface area contributed by atoms with Gasteiger partial charge in [0, 0.05) is 44.2 Å². The maximum Gasteiger partial charge on any atom is 0.240 e. The van der Waals surface area contributed by atoms with E-state index in [1.807, 2.05) is 4.90 Å². The lowest BCUT2D eigenvalue weighted by molar-refractivity contribution is -0.145. The molecule has 2 aromatic rings. The molecule has 4 N–H and O–H groups in total. The highest BCUT2D eigenvalue weighted by Crippen LogP contribution is 2.45. The number of carbonyl (C=O) groups is 1. The van der Waals surface area contributed by atoms with Crippen molar-refractivity contribution in [3.05, 3.63) is 46.3 Å². The van der Waals surface area contributed by atoms with Gasteiger partial charge in [-0.25, -0.2) is 14.8 Å². The molecule has 218 valence electrons. The van der Waals surface area contributed by atoms with Gasteiger partial charge in [0.2, 0.25) is 5.91 Å². The minimum Gasteiger partial charge on any atom is -0.505 e. The molecule has 3 aliphatic heterocycles. The number of imidazole rings is 1. The molecule has 1 saturated carbocycles. The molecular formula is C30H44FN7O2. The smallest absolute Gasteiger partial charge is 0.240 e. The Balaban J connectivity index is 1.16. The predicted molar refractivity (Wildman–Crippen MR) is 151 cm³/mol. The molecule has 3 fully saturated rings. The minimum atomic E-state index is -0.537. The molecule has 9 nitrogen and oxygen atoms in total. The number of nitrogens with zero attached hydrogens (tertiary/aromatic N) is 4. The first-order chi connectivity index (χ1) is 19.1. The number of hydrazine groups is 1. The molecule has 6 rings (SSSR count). The molecule has 40 heavy (non-hydrogen) atoms. The van der Waals surface area contributed by atoms with E-state index in [0.717, 1.165) is 67.1 Å². The average Bonchev–Trinajstić information content (AvgIpc) is 3.51. The van der Waals surface area contributed by atoms with Crippen LogP contribution in [0, 0.1) is 11.7 Å². The van der Waals surface area contributed by atoms with Crippen LogP contribution in [-0.2, 0) is 24.2 Å². The number of likely N-dealkylation sites (N-methyl/N-ethyl adjacent to an activating group) is 1. The van der Waals surface area contributed by atoms with E-state index < -0.39 is 5.82 Å². The molecule has 5 atom stereocenters. The highest BCUT2D eigenvalue weighted by molar-refractivity contribution is 5.83. The first-order valence-corrected chi connectivity index (χ1v) is 15.0. The van der Waals surface area contributed by atoms with Crippen molar-refractivity contribution < 1.29 is 14.3 Å². The van der Waals surface area contributed by atoms with Gasteiger partial charge in [0.1, 0.15) is 5.82 Å². The zero-order valence-corrected chi connectivity index (χ0v) is 24.4. The third kappa shape index (κ3) is 4.82. The number of hydrogen-bond donors (Lipinski definition) is 4. The van der Waals surface area contributed by atoms with Gasteiger partial charge in [-0.2, -0.15) is 0 Å². The van der Waals surface area contributed by atoms with E-state index in [1.165, 1.54) is 0 Å². The fraction of sp³-hybridized carbons (Fsp3) is 0.667. The number of nitrogens with one attached hydrogen (secondary N) is 3. The van der Waals surface area contributed by atoms with Crippen LogP contribution in [0.3, 0.4) is 0 Å². The summed E-state index contributed by atoms with van der Waals surface area (Å²) in [5, 5.41) is 9.87. The molecule has 1 aliphatic carbocycles. The number of aromatic hydroxyl groups is 1. The van der Waals surface area contributed by atoms with E-state index >= 15 is 0 Å². The van der Waals surface area contributed by atoms with Crippen LogP contribution in [0.15, 0.2) is 12.1 Å². The maximum atomic E-state index is 14.3. The van der Waals surface area contributed by atoms with Crippen LogP contribution in [0.1, 0.15) is 80.3 Å². The number of benzene rings is 1. The predicted octanol–water partition coefficient (Wildman–Crippen LogP) is 2.83. The monoisotopic (exact) mass is 553 g/mol. The fourth-order valence-corrected chi connectivity index (χ4v) is 7.37. The van der Waals surface area contributed by atoms with Gasteiger partial charge in [-0.3, -0.25) is 15.1 Å². The van der Waals surface area contributed by atoms with Gasteiger partial charge in [-0.1, -0.05) is 6.92 Å². The summed E-state index contributed by atoms with van der Waals surface area (Å²) in [4.78, 5) is 28.8. The Kier molecular flexibility index (Phi) is 7.39. The lowest BCUT2D eigenvalue weighted by Gasteiger charge is -2.46. The third-order valence-corrected chi connectivity index (χ3v) is 9.94. The van der Waals surface area contributed by atoms with Crippen LogP contribution < -0.4 is 10.9 Å². The van der Waals surface area contributed by atoms with E-state index in [4.69, 9.17) is 4.98 Å². The van der Waals surface area contributed by atoms with E-state index in [-0.39, 0.29) is 41.7 Å². The molecule has 10 heteroatoms. The summed E-state index contributed by atoms with van der Waals surface area (Å²) in [5.74, 6) is 0.992. The highest BCUT2D eigenvalue weighted by atomic mass is 19.1. The molecule has 0 radical (unpaired) electrons. The zero-order valence-electron chi connectivity index (χ0n) is 24.4. The number of aryl methyl sites for hydroxylation is 1. The van der Waals surface area contributed by atoms with Crippen molar-refractivity contribution in [1.29, 1.82) is 0 Å². The lowest BCUT2D eigenvalue weighted by Crippen LogP contribution is -2.64. The molecule has 1 amide bonds. The number of carbonyl (C=O) groups excluding carboxylic acids is 1. The van der Waals surface area contributed by atoms with Gasteiger partial charge < -0.3 is 19.9 Å². The van der Waals surface area contributed by atoms with Crippen LogP contribution in [0.25, 0.3) is 0 Å². The number of phenols is 1. The number of H-pyrrole nitrogens is 1. The molecule has 1 aromatic heterocycles. The molecule has 0 bridgehead atoms. The number of rotatable bonds is 6. The van der Waals surface area contributed by atoms with Crippen LogP contribution in [0.2, 0.25) is 0 Å². The Morgan fingerprint density at radius 1 is 1.23 bits per heavy atom. The van der Waals surface area contributed by atoms with Gasteiger partial charge in [0.15, 0.2) is 11.6 Å². The van der Waals surface area contributed by atoms with E-state index in [1.54, 1.807) is 12.1 Å². The first-order valence-electron chi connectivity index (χ1n) is 15.0. The van der Waals surface area contributed by atoms with Crippen molar-refractivity contribution in [1.82, 2.24) is 35.5 Å². The number of hydrogen-bond acceptors (Lipinski definition) is 7. The Bertz CT molecular complexity index is 1260. The number of amides is 1. The Morgan fingerprint density at radius 2 is 2.00 bits per heavy atom. The van der Waals surface area contributed by atoms with Crippen LogP contribution >= 0.6 is 0 Å². The number of halogens is 1. The molecule has 4 heterocycles. The fourth-order valence-electron chi connectivity index (χ4n) is 7.37. The van der Waals surface area contributed by atoms with Crippen molar-refractivity contribution >= 4 is 5.91 Å². The molecule has 2 saturated heterocycles. The summed E-state index contributed by atoms with van der Waals surface area (Å²) < 4.78 is 14.3. The largest absolute Gasteiger partial charge is 0.505 e. The lowest BCUT2D eigenvalue weighted by atomic mass is 9.73. The van der Waals surface area contributed by atoms with Gasteiger partial charge in [-0.05, 0) is 88.7 Å². The second-order valence-electron chi connectivity index (χ2n) is 12.8. The summed E-state index contributed by atoms with van der Waals surface area (Å²) in [7, 11) is 4.15. The molecule has 0 spiro atoms. The van der Waals surface area contributed by atoms with Crippen molar-refractivity contribution in [2.75, 3.05) is 27.2 Å². The molecule has 5 unspecified atom stereocenters. The topological polar surface area (TPSA) is 99.8 Å². The van der Waals surface area contributed by atoms with E-state index in [0.29, 0.717) is 24.9 Å². The number of likely N-dealkylation sites (tertiary alicyclic amines) is 1. The van der Waals surface area contributed by atoms with Crippen LogP contribution in [-0.4, -0.2) is 87.0 Å². The Hall–Kier alpha value is -2.53. The van der Waals surface area contributed by atoms with Crippen molar-refractivity contribution in [2.24, 2.45) is 5.92 Å². The van der Waals surface area contributed by atoms with Gasteiger partial charge >= 0.3 is 0 Å². The average molecular weight is 554 g/mol. The second-order valence-corrected chi connectivity index (χ2v) is 12.8. The molecule has 4 aliphatic rings. The third-order valence-electron chi connectivity index (χ3n) is 9.94. The molecule has 1 aromatic carbocycles. The zero-order chi connectivity index (χ0) is 28.3. The van der Waals surface area contributed by atoms with Crippen LogP contribution in [0.5, 0.6) is 5.75 Å². The quantitative estimate of drug-likeness (QED) is 0.437. The summed E-state index contributed by atoms with van der Waals surface area (Å²) in [6, 6.07) is 3.97. The first kappa shape index (κ1) is 27.6. The molecular weight excluding hydrogens is 509 g/mol. The van der Waals surface area contributed by atoms with E-state index in [2.05, 4.69) is 60.5 Å². The SMILES string of the molecule is CCc1cc(O)c(F)cc1C1CCC2C(C1)NNC2c1nc2c([nH]1)CN(C(C)C)C(C(=O)N1CC(N(C)C)C1)C2. The van der Waals surface area contributed by atoms with Crippen molar-refractivity contribution in [3.63, 3.8) is 0 Å².